The van der Waals surface area contributed by atoms with Gasteiger partial charge in [-0.05, 0) is 56.9 Å². The van der Waals surface area contributed by atoms with Crippen LogP contribution >= 0.6 is 0 Å². The summed E-state index contributed by atoms with van der Waals surface area (Å²) in [5.74, 6) is 0.239. The summed E-state index contributed by atoms with van der Waals surface area (Å²) in [5, 5.41) is 5.83. The maximum absolute atomic E-state index is 12.1. The average molecular weight is 345 g/mol. The van der Waals surface area contributed by atoms with Crippen LogP contribution in [-0.4, -0.2) is 44.2 Å². The standard InChI is InChI=1S/C19H27N3O3/c1-2-20-18(23)14-9-11-22(12-10-14)16-7-5-15(6-8-16)21-19(24)17-4-3-13-25-17/h5-8,14,17H,2-4,9-13H2,1H3,(H,20,23)(H,21,24). The van der Waals surface area contributed by atoms with Crippen LogP contribution in [0.1, 0.15) is 32.6 Å². The number of carbonyl (C=O) groups is 2. The second-order valence-corrected chi connectivity index (χ2v) is 6.69. The largest absolute Gasteiger partial charge is 0.371 e. The lowest BCUT2D eigenvalue weighted by molar-refractivity contribution is -0.125. The highest BCUT2D eigenvalue weighted by molar-refractivity contribution is 5.94. The molecular formula is C19H27N3O3. The molecule has 2 fully saturated rings. The number of nitrogens with one attached hydrogen (secondary N) is 2. The third kappa shape index (κ3) is 4.51. The lowest BCUT2D eigenvalue weighted by Crippen LogP contribution is -2.40. The molecule has 2 N–H and O–H groups in total. The molecule has 6 heteroatoms. The van der Waals surface area contributed by atoms with E-state index in [9.17, 15) is 9.59 Å². The molecule has 1 atom stereocenters. The minimum Gasteiger partial charge on any atom is -0.371 e. The van der Waals surface area contributed by atoms with E-state index in [1.54, 1.807) is 0 Å². The van der Waals surface area contributed by atoms with E-state index in [0.29, 0.717) is 13.2 Å². The Kier molecular flexibility index (Phi) is 5.91. The molecule has 136 valence electrons. The monoisotopic (exact) mass is 345 g/mol. The van der Waals surface area contributed by atoms with Gasteiger partial charge in [0.15, 0.2) is 0 Å². The lowest BCUT2D eigenvalue weighted by atomic mass is 9.95. The highest BCUT2D eigenvalue weighted by Crippen LogP contribution is 2.25. The molecule has 0 radical (unpaired) electrons. The molecule has 2 aliphatic rings. The van der Waals surface area contributed by atoms with Crippen LogP contribution in [0.25, 0.3) is 0 Å². The lowest BCUT2D eigenvalue weighted by Gasteiger charge is -2.33. The van der Waals surface area contributed by atoms with Crippen LogP contribution in [0.2, 0.25) is 0 Å². The molecule has 2 amide bonds. The molecule has 0 bridgehead atoms. The topological polar surface area (TPSA) is 70.7 Å². The van der Waals surface area contributed by atoms with Crippen molar-refractivity contribution in [2.45, 2.75) is 38.7 Å². The normalized spacial score (nSPS) is 21.2. The van der Waals surface area contributed by atoms with E-state index >= 15 is 0 Å². The Morgan fingerprint density at radius 2 is 1.84 bits per heavy atom. The molecular weight excluding hydrogens is 318 g/mol. The second kappa shape index (κ2) is 8.34. The van der Waals surface area contributed by atoms with Crippen molar-refractivity contribution >= 4 is 23.2 Å². The quantitative estimate of drug-likeness (QED) is 0.858. The van der Waals surface area contributed by atoms with E-state index in [2.05, 4.69) is 15.5 Å². The Bertz CT molecular complexity index is 588. The van der Waals surface area contributed by atoms with E-state index in [1.807, 2.05) is 31.2 Å². The molecule has 2 saturated heterocycles. The minimum atomic E-state index is -0.312. The maximum Gasteiger partial charge on any atom is 0.253 e. The van der Waals surface area contributed by atoms with Gasteiger partial charge in [-0.15, -0.1) is 0 Å². The van der Waals surface area contributed by atoms with Gasteiger partial charge in [0, 0.05) is 43.5 Å². The number of benzene rings is 1. The Hall–Kier alpha value is -2.08. The summed E-state index contributed by atoms with van der Waals surface area (Å²) in [7, 11) is 0. The molecule has 0 aliphatic carbocycles. The van der Waals surface area contributed by atoms with Crippen LogP contribution in [0.15, 0.2) is 24.3 Å². The average Bonchev–Trinajstić information content (AvgIpc) is 3.18. The predicted octanol–water partition coefficient (Wildman–Crippen LogP) is 2.16. The summed E-state index contributed by atoms with van der Waals surface area (Å²) in [6, 6.07) is 7.91. The van der Waals surface area contributed by atoms with Crippen molar-refractivity contribution in [2.24, 2.45) is 5.92 Å². The Morgan fingerprint density at radius 1 is 1.12 bits per heavy atom. The zero-order chi connectivity index (χ0) is 17.6. The molecule has 1 unspecified atom stereocenters. The molecule has 2 heterocycles. The molecule has 0 aromatic heterocycles. The van der Waals surface area contributed by atoms with Crippen molar-refractivity contribution in [3.63, 3.8) is 0 Å². The van der Waals surface area contributed by atoms with Gasteiger partial charge < -0.3 is 20.3 Å². The van der Waals surface area contributed by atoms with Gasteiger partial charge in [0.1, 0.15) is 6.10 Å². The number of hydrogen-bond acceptors (Lipinski definition) is 4. The molecule has 0 spiro atoms. The Morgan fingerprint density at radius 3 is 2.44 bits per heavy atom. The smallest absolute Gasteiger partial charge is 0.253 e. The van der Waals surface area contributed by atoms with Gasteiger partial charge in [-0.3, -0.25) is 9.59 Å². The molecule has 2 aliphatic heterocycles. The van der Waals surface area contributed by atoms with Gasteiger partial charge in [-0.25, -0.2) is 0 Å². The second-order valence-electron chi connectivity index (χ2n) is 6.69. The van der Waals surface area contributed by atoms with Crippen molar-refractivity contribution in [3.8, 4) is 0 Å². The SMILES string of the molecule is CCNC(=O)C1CCN(c2ccc(NC(=O)C3CCCO3)cc2)CC1. The maximum atomic E-state index is 12.1. The first kappa shape index (κ1) is 17.7. The Labute approximate surface area is 148 Å². The molecule has 0 saturated carbocycles. The number of amides is 2. The number of rotatable bonds is 5. The summed E-state index contributed by atoms with van der Waals surface area (Å²) in [6.45, 7) is 5.07. The highest BCUT2D eigenvalue weighted by atomic mass is 16.5. The fourth-order valence-electron chi connectivity index (χ4n) is 3.48. The number of hydrogen-bond donors (Lipinski definition) is 2. The fourth-order valence-corrected chi connectivity index (χ4v) is 3.48. The van der Waals surface area contributed by atoms with Crippen LogP contribution in [0.5, 0.6) is 0 Å². The van der Waals surface area contributed by atoms with Gasteiger partial charge in [0.25, 0.3) is 5.91 Å². The van der Waals surface area contributed by atoms with E-state index in [0.717, 1.165) is 50.1 Å². The van der Waals surface area contributed by atoms with E-state index < -0.39 is 0 Å². The summed E-state index contributed by atoms with van der Waals surface area (Å²) in [4.78, 5) is 26.3. The number of ether oxygens (including phenoxy) is 1. The molecule has 25 heavy (non-hydrogen) atoms. The van der Waals surface area contributed by atoms with E-state index in [1.165, 1.54) is 0 Å². The minimum absolute atomic E-state index is 0.0620. The molecule has 1 aromatic carbocycles. The highest BCUT2D eigenvalue weighted by Gasteiger charge is 2.25. The third-order valence-corrected chi connectivity index (χ3v) is 4.94. The first-order valence-corrected chi connectivity index (χ1v) is 9.22. The van der Waals surface area contributed by atoms with Crippen molar-refractivity contribution < 1.29 is 14.3 Å². The number of piperidine rings is 1. The summed E-state index contributed by atoms with van der Waals surface area (Å²) in [5.41, 5.74) is 1.92. The molecule has 3 rings (SSSR count). The summed E-state index contributed by atoms with van der Waals surface area (Å²) < 4.78 is 5.40. The van der Waals surface area contributed by atoms with E-state index in [-0.39, 0.29) is 23.8 Å². The number of anilines is 2. The van der Waals surface area contributed by atoms with Gasteiger partial charge in [0.2, 0.25) is 5.91 Å². The Balaban J connectivity index is 1.51. The number of nitrogens with zero attached hydrogens (tertiary/aromatic N) is 1. The van der Waals surface area contributed by atoms with E-state index in [4.69, 9.17) is 4.74 Å². The van der Waals surface area contributed by atoms with Crippen LogP contribution in [0.4, 0.5) is 11.4 Å². The van der Waals surface area contributed by atoms with Crippen LogP contribution in [0, 0.1) is 5.92 Å². The van der Waals surface area contributed by atoms with Crippen molar-refractivity contribution in [1.82, 2.24) is 5.32 Å². The van der Waals surface area contributed by atoms with Crippen LogP contribution in [0.3, 0.4) is 0 Å². The van der Waals surface area contributed by atoms with Crippen LogP contribution < -0.4 is 15.5 Å². The predicted molar refractivity (Wildman–Crippen MR) is 97.7 cm³/mol. The summed E-state index contributed by atoms with van der Waals surface area (Å²) in [6.07, 6.45) is 3.19. The van der Waals surface area contributed by atoms with Crippen LogP contribution in [-0.2, 0) is 14.3 Å². The molecule has 6 nitrogen and oxygen atoms in total. The first-order chi connectivity index (χ1) is 12.2. The third-order valence-electron chi connectivity index (χ3n) is 4.94. The fraction of sp³-hybridized carbons (Fsp3) is 0.579. The van der Waals surface area contributed by atoms with Gasteiger partial charge in [-0.1, -0.05) is 0 Å². The zero-order valence-electron chi connectivity index (χ0n) is 14.8. The summed E-state index contributed by atoms with van der Waals surface area (Å²) >= 11 is 0. The van der Waals surface area contributed by atoms with Crippen molar-refractivity contribution in [2.75, 3.05) is 36.5 Å². The van der Waals surface area contributed by atoms with Crippen molar-refractivity contribution in [1.29, 1.82) is 0 Å². The van der Waals surface area contributed by atoms with Gasteiger partial charge in [0.05, 0.1) is 0 Å². The zero-order valence-corrected chi connectivity index (χ0v) is 14.8. The van der Waals surface area contributed by atoms with Gasteiger partial charge in [-0.2, -0.15) is 0 Å². The first-order valence-electron chi connectivity index (χ1n) is 9.22. The molecule has 1 aromatic rings. The van der Waals surface area contributed by atoms with Gasteiger partial charge >= 0.3 is 0 Å². The number of carbonyl (C=O) groups excluding carboxylic acids is 2. The van der Waals surface area contributed by atoms with Crippen molar-refractivity contribution in [3.05, 3.63) is 24.3 Å².